The molecule has 2 aliphatic rings. The summed E-state index contributed by atoms with van der Waals surface area (Å²) < 4.78 is 0. The lowest BCUT2D eigenvalue weighted by Crippen LogP contribution is -2.44. The van der Waals surface area contributed by atoms with E-state index in [1.807, 2.05) is 32.3 Å². The van der Waals surface area contributed by atoms with Crippen LogP contribution >= 0.6 is 24.0 Å². The van der Waals surface area contributed by atoms with Crippen molar-refractivity contribution in [2.45, 2.75) is 37.6 Å². The van der Waals surface area contributed by atoms with E-state index in [1.165, 1.54) is 0 Å². The highest BCUT2D eigenvalue weighted by Gasteiger charge is 2.31. The van der Waals surface area contributed by atoms with Crippen molar-refractivity contribution in [2.24, 2.45) is 4.99 Å². The van der Waals surface area contributed by atoms with Crippen LogP contribution in [0.5, 0.6) is 0 Å². The van der Waals surface area contributed by atoms with E-state index >= 15 is 0 Å². The number of halogens is 1. The summed E-state index contributed by atoms with van der Waals surface area (Å²) >= 11 is 0. The molecule has 0 saturated carbocycles. The number of guanidine groups is 1. The number of nitrogens with one attached hydrogen (secondary N) is 3. The second-order valence-electron chi connectivity index (χ2n) is 8.20. The quantitative estimate of drug-likeness (QED) is 0.212. The molecule has 31 heavy (non-hydrogen) atoms. The second kappa shape index (κ2) is 12.2. The molecule has 1 saturated heterocycles. The molecule has 2 unspecified atom stereocenters. The largest absolute Gasteiger partial charge is 0.356 e. The molecule has 0 bridgehead atoms. The number of carbonyl (C=O) groups is 2. The number of carbonyl (C=O) groups excluding carboxylic acids is 2. The van der Waals surface area contributed by atoms with E-state index in [0.717, 1.165) is 56.1 Å². The molecule has 2 amide bonds. The van der Waals surface area contributed by atoms with Gasteiger partial charge in [-0.1, -0.05) is 18.2 Å². The van der Waals surface area contributed by atoms with Gasteiger partial charge in [0.25, 0.3) is 0 Å². The van der Waals surface area contributed by atoms with Crippen LogP contribution in [0.15, 0.2) is 29.3 Å². The third-order valence-corrected chi connectivity index (χ3v) is 5.85. The van der Waals surface area contributed by atoms with Crippen LogP contribution in [0.2, 0.25) is 0 Å². The number of amides is 2. The summed E-state index contributed by atoms with van der Waals surface area (Å²) in [5, 5.41) is 9.64. The molecule has 172 valence electrons. The van der Waals surface area contributed by atoms with Crippen molar-refractivity contribution in [1.82, 2.24) is 20.4 Å². The topological polar surface area (TPSA) is 89.1 Å². The lowest BCUT2D eigenvalue weighted by Gasteiger charge is -2.27. The molecule has 0 spiro atoms. The van der Waals surface area contributed by atoms with E-state index in [-0.39, 0.29) is 47.8 Å². The summed E-state index contributed by atoms with van der Waals surface area (Å²) in [7, 11) is 5.40. The van der Waals surface area contributed by atoms with E-state index in [4.69, 9.17) is 0 Å². The fourth-order valence-corrected chi connectivity index (χ4v) is 4.28. The standard InChI is InChI=1S/C22H34N6O2.HI/c1-23-22(24-11-7-13-28-12-6-10-19(28)21(30)27(2)3)25-15-16-14-20(29)26-18-9-5-4-8-17(16)18;/h4-5,8-9,16,19H,6-7,10-15H2,1-3H3,(H,26,29)(H2,23,24,25);1H. The van der Waals surface area contributed by atoms with Gasteiger partial charge in [0.2, 0.25) is 11.8 Å². The van der Waals surface area contributed by atoms with Crippen LogP contribution in [-0.4, -0.2) is 80.9 Å². The summed E-state index contributed by atoms with van der Waals surface area (Å²) in [6.07, 6.45) is 3.44. The Bertz CT molecular complexity index is 785. The Kier molecular flexibility index (Phi) is 10.0. The molecule has 2 heterocycles. The fourth-order valence-electron chi connectivity index (χ4n) is 4.28. The van der Waals surface area contributed by atoms with Crippen molar-refractivity contribution in [3.63, 3.8) is 0 Å². The highest BCUT2D eigenvalue weighted by atomic mass is 127. The summed E-state index contributed by atoms with van der Waals surface area (Å²) in [6, 6.07) is 7.97. The number of hydrogen-bond acceptors (Lipinski definition) is 4. The SMILES string of the molecule is CN=C(NCCCN1CCCC1C(=O)N(C)C)NCC1CC(=O)Nc2ccccc21.I. The molecule has 9 heteroatoms. The minimum Gasteiger partial charge on any atom is -0.356 e. The maximum atomic E-state index is 12.3. The Morgan fingerprint density at radius 1 is 1.29 bits per heavy atom. The van der Waals surface area contributed by atoms with Crippen LogP contribution in [0.4, 0.5) is 5.69 Å². The van der Waals surface area contributed by atoms with Crippen LogP contribution in [0.25, 0.3) is 0 Å². The first-order chi connectivity index (χ1) is 14.5. The molecular weight excluding hydrogens is 507 g/mol. The first-order valence-electron chi connectivity index (χ1n) is 10.8. The van der Waals surface area contributed by atoms with E-state index < -0.39 is 0 Å². The highest BCUT2D eigenvalue weighted by Crippen LogP contribution is 2.31. The van der Waals surface area contributed by atoms with E-state index in [9.17, 15) is 9.59 Å². The fraction of sp³-hybridized carbons (Fsp3) is 0.591. The van der Waals surface area contributed by atoms with E-state index in [0.29, 0.717) is 13.0 Å². The van der Waals surface area contributed by atoms with Crippen LogP contribution in [0.3, 0.4) is 0 Å². The number of aliphatic imine (C=N–C) groups is 1. The maximum absolute atomic E-state index is 12.3. The van der Waals surface area contributed by atoms with Gasteiger partial charge in [-0.2, -0.15) is 0 Å². The average Bonchev–Trinajstić information content (AvgIpc) is 3.20. The van der Waals surface area contributed by atoms with Crippen molar-refractivity contribution in [3.8, 4) is 0 Å². The highest BCUT2D eigenvalue weighted by molar-refractivity contribution is 14.0. The molecular formula is C22H35IN6O2. The first kappa shape index (κ1) is 25.4. The minimum absolute atomic E-state index is 0. The molecule has 2 atom stereocenters. The van der Waals surface area contributed by atoms with Gasteiger partial charge in [0.05, 0.1) is 6.04 Å². The Hall–Kier alpha value is -1.88. The van der Waals surface area contributed by atoms with Crippen molar-refractivity contribution in [3.05, 3.63) is 29.8 Å². The number of likely N-dealkylation sites (tertiary alicyclic amines) is 1. The molecule has 2 aliphatic heterocycles. The Balaban J connectivity index is 0.00000341. The smallest absolute Gasteiger partial charge is 0.239 e. The van der Waals surface area contributed by atoms with Gasteiger partial charge in [-0.25, -0.2) is 0 Å². The normalized spacial score (nSPS) is 21.0. The molecule has 3 rings (SSSR count). The van der Waals surface area contributed by atoms with Gasteiger partial charge >= 0.3 is 0 Å². The van der Waals surface area contributed by atoms with Gasteiger partial charge in [-0.3, -0.25) is 19.5 Å². The van der Waals surface area contributed by atoms with Gasteiger partial charge in [-0.15, -0.1) is 24.0 Å². The number of fused-ring (bicyclic) bond motifs is 1. The summed E-state index contributed by atoms with van der Waals surface area (Å²) in [5.41, 5.74) is 2.06. The number of para-hydroxylation sites is 1. The van der Waals surface area contributed by atoms with Crippen molar-refractivity contribution in [1.29, 1.82) is 0 Å². The number of benzene rings is 1. The molecule has 3 N–H and O–H groups in total. The maximum Gasteiger partial charge on any atom is 0.239 e. The van der Waals surface area contributed by atoms with E-state index in [2.05, 4.69) is 31.9 Å². The Morgan fingerprint density at radius 3 is 2.81 bits per heavy atom. The molecule has 1 aromatic carbocycles. The van der Waals surface area contributed by atoms with Crippen molar-refractivity contribution >= 4 is 47.4 Å². The monoisotopic (exact) mass is 542 g/mol. The summed E-state index contributed by atoms with van der Waals surface area (Å²) in [6.45, 7) is 3.31. The molecule has 0 aromatic heterocycles. The van der Waals surface area contributed by atoms with Crippen LogP contribution in [-0.2, 0) is 9.59 Å². The molecule has 0 aliphatic carbocycles. The van der Waals surface area contributed by atoms with Gasteiger partial charge in [0.1, 0.15) is 0 Å². The average molecular weight is 542 g/mol. The number of hydrogen-bond donors (Lipinski definition) is 3. The number of anilines is 1. The third-order valence-electron chi connectivity index (χ3n) is 5.85. The van der Waals surface area contributed by atoms with Crippen molar-refractivity contribution in [2.75, 3.05) is 52.6 Å². The summed E-state index contributed by atoms with van der Waals surface area (Å²) in [4.78, 5) is 32.6. The predicted octanol–water partition coefficient (Wildman–Crippen LogP) is 1.84. The predicted molar refractivity (Wildman–Crippen MR) is 135 cm³/mol. The van der Waals surface area contributed by atoms with Crippen LogP contribution in [0.1, 0.15) is 37.2 Å². The molecule has 8 nitrogen and oxygen atoms in total. The zero-order chi connectivity index (χ0) is 21.5. The molecule has 0 radical (unpaired) electrons. The molecule has 1 aromatic rings. The van der Waals surface area contributed by atoms with Crippen LogP contribution in [0, 0.1) is 0 Å². The third kappa shape index (κ3) is 6.80. The van der Waals surface area contributed by atoms with E-state index in [1.54, 1.807) is 11.9 Å². The van der Waals surface area contributed by atoms with Gasteiger partial charge in [0, 0.05) is 58.8 Å². The number of nitrogens with zero attached hydrogens (tertiary/aromatic N) is 3. The first-order valence-corrected chi connectivity index (χ1v) is 10.8. The number of likely N-dealkylation sites (N-methyl/N-ethyl adjacent to an activating group) is 1. The van der Waals surface area contributed by atoms with Crippen LogP contribution < -0.4 is 16.0 Å². The van der Waals surface area contributed by atoms with Gasteiger partial charge in [0.15, 0.2) is 5.96 Å². The molecule has 1 fully saturated rings. The Morgan fingerprint density at radius 2 is 2.06 bits per heavy atom. The van der Waals surface area contributed by atoms with Crippen molar-refractivity contribution < 1.29 is 9.59 Å². The zero-order valence-electron chi connectivity index (χ0n) is 18.7. The zero-order valence-corrected chi connectivity index (χ0v) is 21.0. The van der Waals surface area contributed by atoms with Gasteiger partial charge < -0.3 is 20.9 Å². The lowest BCUT2D eigenvalue weighted by atomic mass is 9.90. The van der Waals surface area contributed by atoms with Gasteiger partial charge in [-0.05, 0) is 37.4 Å². The summed E-state index contributed by atoms with van der Waals surface area (Å²) in [5.74, 6) is 1.11. The second-order valence-corrected chi connectivity index (χ2v) is 8.20. The number of rotatable bonds is 7. The Labute approximate surface area is 202 Å². The lowest BCUT2D eigenvalue weighted by molar-refractivity contribution is -0.133. The minimum atomic E-state index is 0.